The number of nitrogens with one attached hydrogen (secondary N) is 1. The molecule has 1 N–H and O–H groups in total. The summed E-state index contributed by atoms with van der Waals surface area (Å²) in [5, 5.41) is 3.53. The van der Waals surface area contributed by atoms with Crippen LogP contribution in [0.5, 0.6) is 5.75 Å². The fourth-order valence-electron chi connectivity index (χ4n) is 2.74. The molecule has 0 spiro atoms. The van der Waals surface area contributed by atoms with Gasteiger partial charge in [-0.15, -0.1) is 0 Å². The van der Waals surface area contributed by atoms with E-state index in [1.807, 2.05) is 38.1 Å². The highest BCUT2D eigenvalue weighted by Crippen LogP contribution is 2.33. The van der Waals surface area contributed by atoms with Crippen LogP contribution in [0, 0.1) is 5.92 Å². The van der Waals surface area contributed by atoms with Crippen LogP contribution in [0.3, 0.4) is 0 Å². The molecule has 1 aliphatic heterocycles. The standard InChI is InChI=1S/C18H24N2O3S2/c1-4-22-14-9-7-6-8-13(14)16-15(12(3)19-18(24)20-16)17(21)23-10-11-25-5-2/h6-9,15-16H,4-5,10-11H2,1-3H3,(H,20,24). The van der Waals surface area contributed by atoms with Crippen molar-refractivity contribution in [2.24, 2.45) is 10.9 Å². The predicted octanol–water partition coefficient (Wildman–Crippen LogP) is 3.39. The molecule has 1 aromatic rings. The van der Waals surface area contributed by atoms with Crippen molar-refractivity contribution in [2.75, 3.05) is 24.7 Å². The number of carbonyl (C=O) groups excluding carboxylic acids is 1. The van der Waals surface area contributed by atoms with Crippen molar-refractivity contribution < 1.29 is 14.3 Å². The normalized spacial score (nSPS) is 19.8. The number of esters is 1. The van der Waals surface area contributed by atoms with Gasteiger partial charge in [-0.05, 0) is 37.9 Å². The highest BCUT2D eigenvalue weighted by Gasteiger charge is 2.38. The number of hydrogen-bond donors (Lipinski definition) is 1. The number of benzene rings is 1. The van der Waals surface area contributed by atoms with Crippen LogP contribution in [0.1, 0.15) is 32.4 Å². The number of thiocarbonyl (C=S) groups is 1. The highest BCUT2D eigenvalue weighted by atomic mass is 32.2. The Hall–Kier alpha value is -1.60. The van der Waals surface area contributed by atoms with Crippen molar-refractivity contribution in [1.29, 1.82) is 0 Å². The minimum absolute atomic E-state index is 0.288. The Bertz CT molecular complexity index is 649. The van der Waals surface area contributed by atoms with E-state index in [0.29, 0.717) is 24.0 Å². The summed E-state index contributed by atoms with van der Waals surface area (Å²) in [6, 6.07) is 7.32. The zero-order chi connectivity index (χ0) is 18.2. The molecule has 2 unspecified atom stereocenters. The van der Waals surface area contributed by atoms with Gasteiger partial charge in [-0.3, -0.25) is 4.79 Å². The smallest absolute Gasteiger partial charge is 0.317 e. The third-order valence-electron chi connectivity index (χ3n) is 3.82. The predicted molar refractivity (Wildman–Crippen MR) is 107 cm³/mol. The summed E-state index contributed by atoms with van der Waals surface area (Å²) in [7, 11) is 0. The van der Waals surface area contributed by atoms with Gasteiger partial charge in [-0.2, -0.15) is 11.8 Å². The van der Waals surface area contributed by atoms with E-state index in [4.69, 9.17) is 21.7 Å². The van der Waals surface area contributed by atoms with Crippen LogP contribution in [-0.2, 0) is 9.53 Å². The molecule has 1 aromatic carbocycles. The summed E-state index contributed by atoms with van der Waals surface area (Å²) >= 11 is 6.97. The fraction of sp³-hybridized carbons (Fsp3) is 0.500. The van der Waals surface area contributed by atoms with Gasteiger partial charge in [-0.1, -0.05) is 25.1 Å². The molecule has 0 bridgehead atoms. The molecule has 5 nitrogen and oxygen atoms in total. The Morgan fingerprint density at radius 2 is 2.12 bits per heavy atom. The van der Waals surface area contributed by atoms with E-state index in [2.05, 4.69) is 17.2 Å². The van der Waals surface area contributed by atoms with Gasteiger partial charge < -0.3 is 14.8 Å². The molecular weight excluding hydrogens is 356 g/mol. The van der Waals surface area contributed by atoms with Crippen molar-refractivity contribution >= 4 is 40.8 Å². The molecule has 0 aromatic heterocycles. The molecular formula is C18H24N2O3S2. The Morgan fingerprint density at radius 3 is 2.84 bits per heavy atom. The first-order valence-corrected chi connectivity index (χ1v) is 9.96. The van der Waals surface area contributed by atoms with Crippen LogP contribution < -0.4 is 10.1 Å². The maximum absolute atomic E-state index is 12.7. The molecule has 0 amide bonds. The zero-order valence-corrected chi connectivity index (χ0v) is 16.4. The molecule has 0 fully saturated rings. The third-order valence-corrected chi connectivity index (χ3v) is 4.90. The van der Waals surface area contributed by atoms with Gasteiger partial charge in [0.05, 0.1) is 12.6 Å². The molecule has 136 valence electrons. The number of aliphatic imine (C=N–C) groups is 1. The lowest BCUT2D eigenvalue weighted by atomic mass is 9.88. The summed E-state index contributed by atoms with van der Waals surface area (Å²) in [6.07, 6.45) is 0. The van der Waals surface area contributed by atoms with Crippen LogP contribution in [0.15, 0.2) is 29.3 Å². The molecule has 25 heavy (non-hydrogen) atoms. The Balaban J connectivity index is 2.26. The van der Waals surface area contributed by atoms with Crippen LogP contribution >= 0.6 is 24.0 Å². The van der Waals surface area contributed by atoms with E-state index >= 15 is 0 Å². The molecule has 0 saturated heterocycles. The SMILES string of the molecule is CCOc1ccccc1C1NC(=S)N=C(C)C1C(=O)OCCSCC. The van der Waals surface area contributed by atoms with Gasteiger partial charge >= 0.3 is 5.97 Å². The van der Waals surface area contributed by atoms with E-state index in [1.54, 1.807) is 11.8 Å². The zero-order valence-electron chi connectivity index (χ0n) is 14.8. The second-order valence-corrected chi connectivity index (χ2v) is 7.27. The first-order valence-electron chi connectivity index (χ1n) is 8.40. The molecule has 0 radical (unpaired) electrons. The van der Waals surface area contributed by atoms with E-state index in [9.17, 15) is 4.79 Å². The van der Waals surface area contributed by atoms with E-state index in [1.165, 1.54) is 0 Å². The molecule has 7 heteroatoms. The van der Waals surface area contributed by atoms with Gasteiger partial charge in [0.1, 0.15) is 18.3 Å². The largest absolute Gasteiger partial charge is 0.494 e. The van der Waals surface area contributed by atoms with Crippen molar-refractivity contribution in [3.05, 3.63) is 29.8 Å². The molecule has 1 heterocycles. The topological polar surface area (TPSA) is 59.9 Å². The monoisotopic (exact) mass is 380 g/mol. The quantitative estimate of drug-likeness (QED) is 0.424. The molecule has 0 aliphatic carbocycles. The number of hydrogen-bond acceptors (Lipinski definition) is 5. The summed E-state index contributed by atoms with van der Waals surface area (Å²) in [6.45, 7) is 6.77. The lowest BCUT2D eigenvalue weighted by Gasteiger charge is -2.31. The average molecular weight is 381 g/mol. The Kier molecular flexibility index (Phi) is 7.71. The first kappa shape index (κ1) is 19.7. The van der Waals surface area contributed by atoms with E-state index in [0.717, 1.165) is 22.8 Å². The third kappa shape index (κ3) is 5.19. The van der Waals surface area contributed by atoms with Crippen molar-refractivity contribution in [3.63, 3.8) is 0 Å². The number of ether oxygens (including phenoxy) is 2. The number of carbonyl (C=O) groups is 1. The van der Waals surface area contributed by atoms with Crippen molar-refractivity contribution in [1.82, 2.24) is 5.32 Å². The Morgan fingerprint density at radius 1 is 1.36 bits per heavy atom. The van der Waals surface area contributed by atoms with Gasteiger partial charge in [-0.25, -0.2) is 4.99 Å². The van der Waals surface area contributed by atoms with Gasteiger partial charge in [0.2, 0.25) is 0 Å². The summed E-state index contributed by atoms with van der Waals surface area (Å²) in [5.74, 6) is 1.71. The minimum atomic E-state index is -0.528. The number of para-hydroxylation sites is 1. The Labute approximate surface area is 158 Å². The van der Waals surface area contributed by atoms with Gasteiger partial charge in [0.15, 0.2) is 5.11 Å². The number of nitrogens with zero attached hydrogens (tertiary/aromatic N) is 1. The maximum atomic E-state index is 12.7. The second-order valence-electron chi connectivity index (χ2n) is 5.49. The van der Waals surface area contributed by atoms with Crippen LogP contribution in [0.25, 0.3) is 0 Å². The van der Waals surface area contributed by atoms with Gasteiger partial charge in [0.25, 0.3) is 0 Å². The van der Waals surface area contributed by atoms with Crippen molar-refractivity contribution in [3.8, 4) is 5.75 Å². The molecule has 1 aliphatic rings. The van der Waals surface area contributed by atoms with Crippen molar-refractivity contribution in [2.45, 2.75) is 26.8 Å². The maximum Gasteiger partial charge on any atom is 0.317 e. The van der Waals surface area contributed by atoms with Crippen LogP contribution in [0.4, 0.5) is 0 Å². The lowest BCUT2D eigenvalue weighted by Crippen LogP contribution is -2.44. The summed E-state index contributed by atoms with van der Waals surface area (Å²) in [5.41, 5.74) is 1.54. The molecule has 2 rings (SSSR count). The summed E-state index contributed by atoms with van der Waals surface area (Å²) in [4.78, 5) is 17.0. The number of rotatable bonds is 8. The second kappa shape index (κ2) is 9.77. The van der Waals surface area contributed by atoms with Crippen LogP contribution in [0.2, 0.25) is 0 Å². The molecule has 2 atom stereocenters. The minimum Gasteiger partial charge on any atom is -0.494 e. The lowest BCUT2D eigenvalue weighted by molar-refractivity contribution is -0.146. The fourth-order valence-corrected chi connectivity index (χ4v) is 3.50. The van der Waals surface area contributed by atoms with E-state index in [-0.39, 0.29) is 12.0 Å². The highest BCUT2D eigenvalue weighted by molar-refractivity contribution is 7.99. The first-order chi connectivity index (χ1) is 12.1. The average Bonchev–Trinajstić information content (AvgIpc) is 2.58. The van der Waals surface area contributed by atoms with Crippen LogP contribution in [-0.4, -0.2) is 41.5 Å². The van der Waals surface area contributed by atoms with Gasteiger partial charge in [0, 0.05) is 17.0 Å². The number of thioether (sulfide) groups is 1. The van der Waals surface area contributed by atoms with E-state index < -0.39 is 5.92 Å². The molecule has 0 saturated carbocycles. The summed E-state index contributed by atoms with van der Waals surface area (Å²) < 4.78 is 11.2.